The lowest BCUT2D eigenvalue weighted by Gasteiger charge is -2.11. The zero-order valence-corrected chi connectivity index (χ0v) is 13.3. The standard InChI is InChI=1S/C15H15ClF3N5/c16-10-1-7(3-22-14(10)20)11-2-12(13-8-4-21-5-9(8)13)24(23-11)6-15(17,18)19/h1-3,8-9,13,21H,4-6H2,(H2,20,22). The van der Waals surface area contributed by atoms with Crippen LogP contribution in [-0.2, 0) is 6.54 Å². The molecule has 0 amide bonds. The molecule has 0 radical (unpaired) electrons. The van der Waals surface area contributed by atoms with E-state index < -0.39 is 12.7 Å². The Labute approximate surface area is 141 Å². The van der Waals surface area contributed by atoms with Crippen LogP contribution in [-0.4, -0.2) is 34.0 Å². The number of hydrogen-bond acceptors (Lipinski definition) is 4. The minimum Gasteiger partial charge on any atom is -0.382 e. The average Bonchev–Trinajstić information content (AvgIpc) is 2.87. The fraction of sp³-hybridized carbons (Fsp3) is 0.467. The summed E-state index contributed by atoms with van der Waals surface area (Å²) >= 11 is 5.96. The third-order valence-corrected chi connectivity index (χ3v) is 5.04. The third-order valence-electron chi connectivity index (χ3n) is 4.74. The molecular formula is C15H15ClF3N5. The topological polar surface area (TPSA) is 68.8 Å². The second-order valence-electron chi connectivity index (χ2n) is 6.33. The molecule has 5 nitrogen and oxygen atoms in total. The number of aromatic nitrogens is 3. The van der Waals surface area contributed by atoms with Gasteiger partial charge >= 0.3 is 6.18 Å². The predicted molar refractivity (Wildman–Crippen MR) is 83.5 cm³/mol. The average molecular weight is 358 g/mol. The van der Waals surface area contributed by atoms with Crippen LogP contribution < -0.4 is 11.1 Å². The van der Waals surface area contributed by atoms with E-state index in [1.807, 2.05) is 0 Å². The number of nitrogens with zero attached hydrogens (tertiary/aromatic N) is 3. The van der Waals surface area contributed by atoms with E-state index >= 15 is 0 Å². The smallest absolute Gasteiger partial charge is 0.382 e. The Morgan fingerprint density at radius 1 is 1.29 bits per heavy atom. The molecule has 24 heavy (non-hydrogen) atoms. The molecular weight excluding hydrogens is 343 g/mol. The molecule has 1 saturated carbocycles. The number of alkyl halides is 3. The quantitative estimate of drug-likeness (QED) is 0.886. The zero-order valence-electron chi connectivity index (χ0n) is 12.5. The van der Waals surface area contributed by atoms with Gasteiger partial charge in [0.2, 0.25) is 0 Å². The maximum atomic E-state index is 12.9. The molecule has 2 atom stereocenters. The van der Waals surface area contributed by atoms with E-state index in [0.717, 1.165) is 17.8 Å². The highest BCUT2D eigenvalue weighted by Crippen LogP contribution is 2.56. The van der Waals surface area contributed by atoms with Gasteiger partial charge in [0.15, 0.2) is 0 Å². The van der Waals surface area contributed by atoms with Gasteiger partial charge in [0.25, 0.3) is 0 Å². The third kappa shape index (κ3) is 2.73. The Balaban J connectivity index is 1.72. The Morgan fingerprint density at radius 3 is 2.62 bits per heavy atom. The van der Waals surface area contributed by atoms with Crippen molar-refractivity contribution in [1.29, 1.82) is 0 Å². The van der Waals surface area contributed by atoms with Crippen molar-refractivity contribution in [2.45, 2.75) is 18.6 Å². The molecule has 1 aliphatic carbocycles. The zero-order chi connectivity index (χ0) is 17.1. The van der Waals surface area contributed by atoms with Gasteiger partial charge in [0.1, 0.15) is 12.4 Å². The van der Waals surface area contributed by atoms with Gasteiger partial charge in [-0.05, 0) is 37.1 Å². The Hall–Kier alpha value is -1.80. The molecule has 2 unspecified atom stereocenters. The number of rotatable bonds is 3. The molecule has 9 heteroatoms. The van der Waals surface area contributed by atoms with Gasteiger partial charge in [0.05, 0.1) is 10.7 Å². The highest BCUT2D eigenvalue weighted by molar-refractivity contribution is 6.33. The first-order chi connectivity index (χ1) is 11.3. The van der Waals surface area contributed by atoms with E-state index in [1.54, 1.807) is 12.1 Å². The minimum absolute atomic E-state index is 0.132. The van der Waals surface area contributed by atoms with Gasteiger partial charge in [-0.2, -0.15) is 18.3 Å². The van der Waals surface area contributed by atoms with Crippen LogP contribution in [0.15, 0.2) is 18.3 Å². The highest BCUT2D eigenvalue weighted by atomic mass is 35.5. The Morgan fingerprint density at radius 2 is 2.00 bits per heavy atom. The maximum absolute atomic E-state index is 12.9. The molecule has 2 aromatic rings. The lowest BCUT2D eigenvalue weighted by atomic mass is 10.1. The summed E-state index contributed by atoms with van der Waals surface area (Å²) in [4.78, 5) is 3.95. The summed E-state index contributed by atoms with van der Waals surface area (Å²) in [6.45, 7) is 0.593. The van der Waals surface area contributed by atoms with Crippen LogP contribution in [0.1, 0.15) is 11.6 Å². The number of fused-ring (bicyclic) bond motifs is 1. The van der Waals surface area contributed by atoms with Gasteiger partial charge in [-0.25, -0.2) is 4.98 Å². The van der Waals surface area contributed by atoms with E-state index in [0.29, 0.717) is 28.8 Å². The lowest BCUT2D eigenvalue weighted by Crippen LogP contribution is -2.22. The molecule has 1 saturated heterocycles. The van der Waals surface area contributed by atoms with Crippen LogP contribution in [0.25, 0.3) is 11.3 Å². The molecule has 0 spiro atoms. The predicted octanol–water partition coefficient (Wildman–Crippen LogP) is 2.68. The summed E-state index contributed by atoms with van der Waals surface area (Å²) in [5.74, 6) is 1.11. The number of anilines is 1. The molecule has 3 heterocycles. The molecule has 128 valence electrons. The van der Waals surface area contributed by atoms with Crippen LogP contribution >= 0.6 is 11.6 Å². The number of hydrogen-bond donors (Lipinski definition) is 2. The molecule has 2 fully saturated rings. The minimum atomic E-state index is -4.32. The van der Waals surface area contributed by atoms with Crippen molar-refractivity contribution in [2.75, 3.05) is 18.8 Å². The number of piperidine rings is 1. The van der Waals surface area contributed by atoms with E-state index in [-0.39, 0.29) is 16.8 Å². The number of nitrogens with one attached hydrogen (secondary N) is 1. The van der Waals surface area contributed by atoms with Gasteiger partial charge in [-0.15, -0.1) is 0 Å². The van der Waals surface area contributed by atoms with Crippen molar-refractivity contribution >= 4 is 17.4 Å². The monoisotopic (exact) mass is 357 g/mol. The van der Waals surface area contributed by atoms with Gasteiger partial charge in [-0.3, -0.25) is 4.68 Å². The van der Waals surface area contributed by atoms with Crippen LogP contribution in [0.3, 0.4) is 0 Å². The first-order valence-corrected chi connectivity index (χ1v) is 7.98. The first-order valence-electron chi connectivity index (χ1n) is 7.60. The summed E-state index contributed by atoms with van der Waals surface area (Å²) < 4.78 is 39.8. The van der Waals surface area contributed by atoms with E-state index in [2.05, 4.69) is 15.4 Å². The Kier molecular flexibility index (Phi) is 3.50. The SMILES string of the molecule is Nc1ncc(-c2cc(C3C4CNCC43)n(CC(F)(F)F)n2)cc1Cl. The second-order valence-corrected chi connectivity index (χ2v) is 6.74. The molecule has 1 aliphatic heterocycles. The van der Waals surface area contributed by atoms with Crippen LogP contribution in [0.5, 0.6) is 0 Å². The van der Waals surface area contributed by atoms with E-state index in [4.69, 9.17) is 17.3 Å². The molecule has 0 aromatic carbocycles. The van der Waals surface area contributed by atoms with Crippen molar-refractivity contribution in [2.24, 2.45) is 11.8 Å². The number of nitrogen functional groups attached to an aromatic ring is 1. The molecule has 4 rings (SSSR count). The van der Waals surface area contributed by atoms with E-state index in [1.165, 1.54) is 6.20 Å². The number of nitrogens with two attached hydrogens (primary N) is 1. The van der Waals surface area contributed by atoms with E-state index in [9.17, 15) is 13.2 Å². The maximum Gasteiger partial charge on any atom is 0.408 e. The van der Waals surface area contributed by atoms with Crippen LogP contribution in [0.2, 0.25) is 5.02 Å². The largest absolute Gasteiger partial charge is 0.408 e. The highest BCUT2D eigenvalue weighted by Gasteiger charge is 2.55. The van der Waals surface area contributed by atoms with Crippen molar-refractivity contribution in [3.63, 3.8) is 0 Å². The van der Waals surface area contributed by atoms with Crippen LogP contribution in [0, 0.1) is 11.8 Å². The normalized spacial score (nSPS) is 25.8. The second kappa shape index (κ2) is 5.35. The number of pyridine rings is 1. The summed E-state index contributed by atoms with van der Waals surface area (Å²) in [5.41, 5.74) is 7.20. The molecule has 2 aliphatic rings. The molecule has 2 aromatic heterocycles. The fourth-order valence-corrected chi connectivity index (χ4v) is 3.75. The van der Waals surface area contributed by atoms with Gasteiger partial charge in [-0.1, -0.05) is 11.6 Å². The van der Waals surface area contributed by atoms with Gasteiger partial charge in [0, 0.05) is 23.4 Å². The summed E-state index contributed by atoms with van der Waals surface area (Å²) in [6, 6.07) is 3.29. The molecule has 0 bridgehead atoms. The molecule has 3 N–H and O–H groups in total. The lowest BCUT2D eigenvalue weighted by molar-refractivity contribution is -0.143. The summed E-state index contributed by atoms with van der Waals surface area (Å²) in [6.07, 6.45) is -2.85. The number of halogens is 4. The van der Waals surface area contributed by atoms with Crippen molar-refractivity contribution < 1.29 is 13.2 Å². The Bertz CT molecular complexity index is 778. The first kappa shape index (κ1) is 15.7. The summed E-state index contributed by atoms with van der Waals surface area (Å²) in [7, 11) is 0. The van der Waals surface area contributed by atoms with Crippen molar-refractivity contribution in [3.05, 3.63) is 29.0 Å². The summed E-state index contributed by atoms with van der Waals surface area (Å²) in [5, 5.41) is 7.67. The van der Waals surface area contributed by atoms with Crippen molar-refractivity contribution in [3.8, 4) is 11.3 Å². The van der Waals surface area contributed by atoms with Gasteiger partial charge < -0.3 is 11.1 Å². The van der Waals surface area contributed by atoms with Crippen molar-refractivity contribution in [1.82, 2.24) is 20.1 Å². The van der Waals surface area contributed by atoms with Crippen LogP contribution in [0.4, 0.5) is 19.0 Å². The fourth-order valence-electron chi connectivity index (χ4n) is 3.58.